The number of hydrogen-bond donors (Lipinski definition) is 1. The fourth-order valence-electron chi connectivity index (χ4n) is 4.01. The largest absolute Gasteiger partial charge is 0.390 e. The fourth-order valence-corrected chi connectivity index (χ4v) is 4.01. The van der Waals surface area contributed by atoms with Gasteiger partial charge in [-0.1, -0.05) is 36.4 Å². The summed E-state index contributed by atoms with van der Waals surface area (Å²) in [6.07, 6.45) is 3.21. The third-order valence-electron chi connectivity index (χ3n) is 5.73. The van der Waals surface area contributed by atoms with Crippen molar-refractivity contribution in [3.05, 3.63) is 71.7 Å². The molecule has 2 atom stereocenters. The van der Waals surface area contributed by atoms with E-state index in [1.807, 2.05) is 65.7 Å². The molecule has 3 aromatic rings. The highest BCUT2D eigenvalue weighted by Gasteiger charge is 2.39. The summed E-state index contributed by atoms with van der Waals surface area (Å²) in [5.74, 6) is -0.0168. The number of carbonyl (C=O) groups excluding carboxylic acids is 1. The molecule has 5 nitrogen and oxygen atoms in total. The molecule has 5 heteroatoms. The monoisotopic (exact) mass is 363 g/mol. The summed E-state index contributed by atoms with van der Waals surface area (Å²) in [7, 11) is 0. The SMILES string of the molecule is Cc1nc2ccccn2c1C(=O)N1CC[C@](C)(O)[C@H](Cc2ccccc2)C1. The van der Waals surface area contributed by atoms with Crippen molar-refractivity contribution >= 4 is 11.6 Å². The second-order valence-electron chi connectivity index (χ2n) is 7.72. The van der Waals surface area contributed by atoms with Crippen LogP contribution in [0.5, 0.6) is 0 Å². The van der Waals surface area contributed by atoms with Gasteiger partial charge in [0.05, 0.1) is 11.3 Å². The number of likely N-dealkylation sites (tertiary alicyclic amines) is 1. The lowest BCUT2D eigenvalue weighted by atomic mass is 9.78. The number of aliphatic hydroxyl groups is 1. The molecule has 0 radical (unpaired) electrons. The van der Waals surface area contributed by atoms with Gasteiger partial charge < -0.3 is 10.0 Å². The summed E-state index contributed by atoms with van der Waals surface area (Å²) in [5, 5.41) is 10.9. The number of hydrogen-bond acceptors (Lipinski definition) is 3. The van der Waals surface area contributed by atoms with E-state index in [1.54, 1.807) is 0 Å². The van der Waals surface area contributed by atoms with Crippen LogP contribution in [0.1, 0.15) is 35.1 Å². The first-order chi connectivity index (χ1) is 13.0. The molecule has 1 aliphatic heterocycles. The van der Waals surface area contributed by atoms with Crippen LogP contribution in [0.2, 0.25) is 0 Å². The number of aryl methyl sites for hydroxylation is 1. The third kappa shape index (κ3) is 3.35. The Labute approximate surface area is 159 Å². The van der Waals surface area contributed by atoms with Crippen molar-refractivity contribution in [2.45, 2.75) is 32.3 Å². The number of pyridine rings is 1. The summed E-state index contributed by atoms with van der Waals surface area (Å²) in [6.45, 7) is 4.86. The lowest BCUT2D eigenvalue weighted by molar-refractivity contribution is -0.0508. The first kappa shape index (κ1) is 17.7. The molecular weight excluding hydrogens is 338 g/mol. The predicted molar refractivity (Wildman–Crippen MR) is 105 cm³/mol. The van der Waals surface area contributed by atoms with Crippen molar-refractivity contribution in [3.8, 4) is 0 Å². The molecule has 4 rings (SSSR count). The minimum Gasteiger partial charge on any atom is -0.390 e. The van der Waals surface area contributed by atoms with Gasteiger partial charge in [0, 0.05) is 25.2 Å². The molecule has 1 N–H and O–H groups in total. The van der Waals surface area contributed by atoms with E-state index in [4.69, 9.17) is 0 Å². The normalized spacial score (nSPS) is 22.9. The van der Waals surface area contributed by atoms with Gasteiger partial charge in [-0.15, -0.1) is 0 Å². The van der Waals surface area contributed by atoms with E-state index in [0.717, 1.165) is 17.8 Å². The topological polar surface area (TPSA) is 57.8 Å². The Kier molecular flexibility index (Phi) is 4.48. The van der Waals surface area contributed by atoms with Gasteiger partial charge in [0.1, 0.15) is 11.3 Å². The molecule has 2 aromatic heterocycles. The summed E-state index contributed by atoms with van der Waals surface area (Å²) in [4.78, 5) is 19.7. The van der Waals surface area contributed by atoms with Crippen molar-refractivity contribution in [1.29, 1.82) is 0 Å². The van der Waals surface area contributed by atoms with Gasteiger partial charge in [0.15, 0.2) is 0 Å². The number of piperidine rings is 1. The molecule has 0 unspecified atom stereocenters. The zero-order valence-electron chi connectivity index (χ0n) is 15.8. The molecule has 1 amide bonds. The van der Waals surface area contributed by atoms with Crippen molar-refractivity contribution in [2.24, 2.45) is 5.92 Å². The highest BCUT2D eigenvalue weighted by molar-refractivity contribution is 5.94. The fraction of sp³-hybridized carbons (Fsp3) is 0.364. The number of amides is 1. The van der Waals surface area contributed by atoms with Crippen LogP contribution in [0.25, 0.3) is 5.65 Å². The smallest absolute Gasteiger partial charge is 0.272 e. The minimum absolute atomic E-state index is 0.00269. The molecule has 0 spiro atoms. The number of imidazole rings is 1. The van der Waals surface area contributed by atoms with Crippen LogP contribution in [0.15, 0.2) is 54.7 Å². The first-order valence-electron chi connectivity index (χ1n) is 9.45. The maximum atomic E-state index is 13.3. The van der Waals surface area contributed by atoms with E-state index in [9.17, 15) is 9.90 Å². The Hall–Kier alpha value is -2.66. The van der Waals surface area contributed by atoms with Crippen LogP contribution in [-0.2, 0) is 6.42 Å². The zero-order valence-corrected chi connectivity index (χ0v) is 15.8. The first-order valence-corrected chi connectivity index (χ1v) is 9.45. The molecule has 1 aromatic carbocycles. The molecule has 0 bridgehead atoms. The summed E-state index contributed by atoms with van der Waals surface area (Å²) >= 11 is 0. The molecule has 1 aliphatic rings. The lowest BCUT2D eigenvalue weighted by Gasteiger charge is -2.43. The predicted octanol–water partition coefficient (Wildman–Crippen LogP) is 3.10. The van der Waals surface area contributed by atoms with E-state index < -0.39 is 5.60 Å². The maximum absolute atomic E-state index is 13.3. The van der Waals surface area contributed by atoms with Crippen LogP contribution in [0.3, 0.4) is 0 Å². The van der Waals surface area contributed by atoms with Crippen LogP contribution >= 0.6 is 0 Å². The van der Waals surface area contributed by atoms with Crippen molar-refractivity contribution in [2.75, 3.05) is 13.1 Å². The molecule has 0 saturated carbocycles. The second kappa shape index (κ2) is 6.82. The summed E-state index contributed by atoms with van der Waals surface area (Å²) in [5.41, 5.74) is 2.54. The zero-order chi connectivity index (χ0) is 19.0. The molecule has 3 heterocycles. The van der Waals surface area contributed by atoms with Crippen LogP contribution in [0, 0.1) is 12.8 Å². The van der Waals surface area contributed by atoms with Gasteiger partial charge in [-0.05, 0) is 44.4 Å². The van der Waals surface area contributed by atoms with E-state index in [1.165, 1.54) is 5.56 Å². The van der Waals surface area contributed by atoms with E-state index in [0.29, 0.717) is 25.2 Å². The maximum Gasteiger partial charge on any atom is 0.272 e. The number of aromatic nitrogens is 2. The van der Waals surface area contributed by atoms with Gasteiger partial charge >= 0.3 is 0 Å². The molecular formula is C22H25N3O2. The van der Waals surface area contributed by atoms with Crippen molar-refractivity contribution in [3.63, 3.8) is 0 Å². The highest BCUT2D eigenvalue weighted by Crippen LogP contribution is 2.31. The Morgan fingerprint density at radius 1 is 1.22 bits per heavy atom. The Balaban J connectivity index is 1.60. The number of nitrogens with zero attached hydrogens (tertiary/aromatic N) is 3. The average Bonchev–Trinajstić information content (AvgIpc) is 2.99. The third-order valence-corrected chi connectivity index (χ3v) is 5.73. The number of rotatable bonds is 3. The van der Waals surface area contributed by atoms with Gasteiger partial charge in [0.2, 0.25) is 0 Å². The number of benzene rings is 1. The summed E-state index contributed by atoms with van der Waals surface area (Å²) < 4.78 is 1.86. The minimum atomic E-state index is -0.777. The average molecular weight is 363 g/mol. The van der Waals surface area contributed by atoms with Crippen LogP contribution in [-0.4, -0.2) is 44.0 Å². The quantitative estimate of drug-likeness (QED) is 0.778. The van der Waals surface area contributed by atoms with E-state index in [-0.39, 0.29) is 11.8 Å². The van der Waals surface area contributed by atoms with Gasteiger partial charge in [-0.3, -0.25) is 9.20 Å². The van der Waals surface area contributed by atoms with Gasteiger partial charge in [0.25, 0.3) is 5.91 Å². The van der Waals surface area contributed by atoms with Gasteiger partial charge in [-0.25, -0.2) is 4.98 Å². The lowest BCUT2D eigenvalue weighted by Crippen LogP contribution is -2.52. The standard InChI is InChI=1S/C22H25N3O2/c1-16-20(25-12-7-6-10-19(25)23-16)21(26)24-13-11-22(2,27)18(15-24)14-17-8-4-3-5-9-17/h3-10,12,18,27H,11,13-15H2,1-2H3/t18-,22+/m1/s1. The number of carbonyl (C=O) groups is 1. The van der Waals surface area contributed by atoms with Gasteiger partial charge in [-0.2, -0.15) is 0 Å². The summed E-state index contributed by atoms with van der Waals surface area (Å²) in [6, 6.07) is 15.9. The van der Waals surface area contributed by atoms with E-state index >= 15 is 0 Å². The van der Waals surface area contributed by atoms with E-state index in [2.05, 4.69) is 17.1 Å². The molecule has 0 aliphatic carbocycles. The second-order valence-corrected chi connectivity index (χ2v) is 7.72. The molecule has 27 heavy (non-hydrogen) atoms. The molecule has 140 valence electrons. The number of fused-ring (bicyclic) bond motifs is 1. The Bertz CT molecular complexity index is 962. The van der Waals surface area contributed by atoms with Crippen LogP contribution < -0.4 is 0 Å². The molecule has 1 fully saturated rings. The van der Waals surface area contributed by atoms with Crippen molar-refractivity contribution < 1.29 is 9.90 Å². The van der Waals surface area contributed by atoms with Crippen LogP contribution in [0.4, 0.5) is 0 Å². The highest BCUT2D eigenvalue weighted by atomic mass is 16.3. The Morgan fingerprint density at radius 2 is 1.96 bits per heavy atom. The Morgan fingerprint density at radius 3 is 2.74 bits per heavy atom. The van der Waals surface area contributed by atoms with Crippen molar-refractivity contribution in [1.82, 2.24) is 14.3 Å². The molecule has 1 saturated heterocycles.